The molecule has 8 heteroatoms. The summed E-state index contributed by atoms with van der Waals surface area (Å²) >= 11 is 0. The van der Waals surface area contributed by atoms with Crippen LogP contribution >= 0.6 is 0 Å². The van der Waals surface area contributed by atoms with E-state index in [0.29, 0.717) is 11.9 Å². The topological polar surface area (TPSA) is 70.8 Å². The number of hydrogen-bond donors (Lipinski definition) is 0. The van der Waals surface area contributed by atoms with E-state index in [0.717, 1.165) is 82.5 Å². The molecule has 2 aromatic rings. The zero-order chi connectivity index (χ0) is 19.6. The Labute approximate surface area is 171 Å². The van der Waals surface area contributed by atoms with Crippen molar-refractivity contribution in [1.82, 2.24) is 24.9 Å². The molecule has 0 aliphatic carbocycles. The molecule has 3 aliphatic heterocycles. The van der Waals surface area contributed by atoms with E-state index in [4.69, 9.17) is 14.2 Å². The van der Waals surface area contributed by atoms with E-state index in [2.05, 4.69) is 44.0 Å². The fourth-order valence-electron chi connectivity index (χ4n) is 4.74. The molecule has 0 amide bonds. The average Bonchev–Trinajstić information content (AvgIpc) is 3.45. The first-order valence-electron chi connectivity index (χ1n) is 10.8. The summed E-state index contributed by atoms with van der Waals surface area (Å²) in [5, 5.41) is 4.26. The molecule has 3 saturated heterocycles. The van der Waals surface area contributed by atoms with Crippen LogP contribution in [-0.2, 0) is 4.74 Å². The van der Waals surface area contributed by atoms with Crippen molar-refractivity contribution in [2.75, 3.05) is 57.9 Å². The standard InChI is InChI=1S/C21H30N6O2/c1-25-9-11-26(12-10-25)19-5-4-16(15-22-19)20-23-21(29-24-20)18-3-2-8-27(18)17-6-13-28-14-7-17/h4-5,15,17-18H,2-3,6-14H2,1H3/t18-/m0/s1. The minimum absolute atomic E-state index is 0.233. The van der Waals surface area contributed by atoms with E-state index in [1.165, 1.54) is 6.42 Å². The minimum atomic E-state index is 0.233. The maximum Gasteiger partial charge on any atom is 0.244 e. The molecule has 0 radical (unpaired) electrons. The van der Waals surface area contributed by atoms with Gasteiger partial charge in [-0.3, -0.25) is 4.90 Å². The lowest BCUT2D eigenvalue weighted by Crippen LogP contribution is -2.44. The SMILES string of the molecule is CN1CCN(c2ccc(-c3noc([C@@H]4CCCN4C4CCOCC4)n3)cn2)CC1. The van der Waals surface area contributed by atoms with Gasteiger partial charge in [0.1, 0.15) is 5.82 Å². The molecule has 5 rings (SSSR count). The Morgan fingerprint density at radius 2 is 1.83 bits per heavy atom. The van der Waals surface area contributed by atoms with Gasteiger partial charge in [-0.1, -0.05) is 5.16 Å². The second-order valence-corrected chi connectivity index (χ2v) is 8.39. The Morgan fingerprint density at radius 1 is 1.00 bits per heavy atom. The van der Waals surface area contributed by atoms with Crippen LogP contribution < -0.4 is 4.90 Å². The molecule has 0 unspecified atom stereocenters. The van der Waals surface area contributed by atoms with E-state index in [1.807, 2.05) is 6.20 Å². The number of likely N-dealkylation sites (tertiary alicyclic amines) is 1. The maximum atomic E-state index is 5.70. The van der Waals surface area contributed by atoms with Gasteiger partial charge in [-0.05, 0) is 51.4 Å². The van der Waals surface area contributed by atoms with Crippen molar-refractivity contribution < 1.29 is 9.26 Å². The van der Waals surface area contributed by atoms with Crippen molar-refractivity contribution in [3.8, 4) is 11.4 Å². The van der Waals surface area contributed by atoms with Crippen LogP contribution in [0.4, 0.5) is 5.82 Å². The number of pyridine rings is 1. The molecule has 29 heavy (non-hydrogen) atoms. The summed E-state index contributed by atoms with van der Waals surface area (Å²) in [5.41, 5.74) is 0.911. The predicted octanol–water partition coefficient (Wildman–Crippen LogP) is 2.20. The fourth-order valence-corrected chi connectivity index (χ4v) is 4.74. The van der Waals surface area contributed by atoms with Crippen molar-refractivity contribution >= 4 is 5.82 Å². The first-order valence-corrected chi connectivity index (χ1v) is 10.8. The van der Waals surface area contributed by atoms with Gasteiger partial charge in [-0.25, -0.2) is 4.98 Å². The molecule has 1 atom stereocenters. The third-order valence-electron chi connectivity index (χ3n) is 6.51. The second kappa shape index (κ2) is 8.38. The highest BCUT2D eigenvalue weighted by Gasteiger charge is 2.36. The predicted molar refractivity (Wildman–Crippen MR) is 110 cm³/mol. The summed E-state index contributed by atoms with van der Waals surface area (Å²) in [5.74, 6) is 2.40. The van der Waals surface area contributed by atoms with Gasteiger partial charge < -0.3 is 19.1 Å². The molecular formula is C21H30N6O2. The van der Waals surface area contributed by atoms with Gasteiger partial charge in [-0.15, -0.1) is 0 Å². The van der Waals surface area contributed by atoms with Crippen LogP contribution in [0.5, 0.6) is 0 Å². The number of rotatable bonds is 4. The lowest BCUT2D eigenvalue weighted by molar-refractivity contribution is 0.0243. The Kier molecular flexibility index (Phi) is 5.48. The molecule has 0 saturated carbocycles. The molecule has 156 valence electrons. The highest BCUT2D eigenvalue weighted by atomic mass is 16.5. The van der Waals surface area contributed by atoms with Gasteiger partial charge in [0.2, 0.25) is 11.7 Å². The van der Waals surface area contributed by atoms with Gasteiger partial charge in [-0.2, -0.15) is 4.98 Å². The summed E-state index contributed by atoms with van der Waals surface area (Å²) in [4.78, 5) is 16.6. The minimum Gasteiger partial charge on any atom is -0.381 e. The number of likely N-dealkylation sites (N-methyl/N-ethyl adjacent to an activating group) is 1. The summed E-state index contributed by atoms with van der Waals surface area (Å²) in [6.07, 6.45) is 6.32. The van der Waals surface area contributed by atoms with Crippen LogP contribution in [0.3, 0.4) is 0 Å². The quantitative estimate of drug-likeness (QED) is 0.776. The Balaban J connectivity index is 1.28. The number of anilines is 1. The van der Waals surface area contributed by atoms with Crippen molar-refractivity contribution in [3.63, 3.8) is 0 Å². The molecule has 0 aromatic carbocycles. The van der Waals surface area contributed by atoms with Gasteiger partial charge in [0.15, 0.2) is 0 Å². The molecule has 8 nitrogen and oxygen atoms in total. The molecular weight excluding hydrogens is 368 g/mol. The number of nitrogens with zero attached hydrogens (tertiary/aromatic N) is 6. The molecule has 3 fully saturated rings. The fraction of sp³-hybridized carbons (Fsp3) is 0.667. The van der Waals surface area contributed by atoms with E-state index >= 15 is 0 Å². The third-order valence-corrected chi connectivity index (χ3v) is 6.51. The molecule has 0 spiro atoms. The second-order valence-electron chi connectivity index (χ2n) is 8.39. The van der Waals surface area contributed by atoms with Crippen molar-refractivity contribution in [2.24, 2.45) is 0 Å². The first kappa shape index (κ1) is 19.0. The normalized spacial score (nSPS) is 25.0. The van der Waals surface area contributed by atoms with Crippen molar-refractivity contribution in [2.45, 2.75) is 37.8 Å². The highest BCUT2D eigenvalue weighted by molar-refractivity contribution is 5.56. The molecule has 2 aromatic heterocycles. The number of piperazine rings is 1. The number of aromatic nitrogens is 3. The van der Waals surface area contributed by atoms with Crippen LogP contribution in [0.2, 0.25) is 0 Å². The largest absolute Gasteiger partial charge is 0.381 e. The van der Waals surface area contributed by atoms with Gasteiger partial charge >= 0.3 is 0 Å². The monoisotopic (exact) mass is 398 g/mol. The Hall–Kier alpha value is -2.03. The van der Waals surface area contributed by atoms with E-state index in [-0.39, 0.29) is 6.04 Å². The summed E-state index contributed by atoms with van der Waals surface area (Å²) in [7, 11) is 2.16. The van der Waals surface area contributed by atoms with Gasteiger partial charge in [0.05, 0.1) is 6.04 Å². The summed E-state index contributed by atoms with van der Waals surface area (Å²) in [6, 6.07) is 4.92. The molecule has 3 aliphatic rings. The lowest BCUT2D eigenvalue weighted by Gasteiger charge is -2.33. The zero-order valence-electron chi connectivity index (χ0n) is 17.2. The van der Waals surface area contributed by atoms with Crippen LogP contribution in [0.25, 0.3) is 11.4 Å². The van der Waals surface area contributed by atoms with E-state index in [9.17, 15) is 0 Å². The Bertz CT molecular complexity index is 796. The molecule has 0 bridgehead atoms. The van der Waals surface area contributed by atoms with Gasteiger partial charge in [0.25, 0.3) is 0 Å². The van der Waals surface area contributed by atoms with Crippen LogP contribution in [0.1, 0.15) is 37.6 Å². The smallest absolute Gasteiger partial charge is 0.244 e. The van der Waals surface area contributed by atoms with Crippen LogP contribution in [0.15, 0.2) is 22.9 Å². The maximum absolute atomic E-state index is 5.70. The third kappa shape index (κ3) is 4.01. The van der Waals surface area contributed by atoms with Gasteiger partial charge in [0, 0.05) is 57.2 Å². The van der Waals surface area contributed by atoms with Crippen LogP contribution in [-0.4, -0.2) is 84.0 Å². The summed E-state index contributed by atoms with van der Waals surface area (Å²) < 4.78 is 11.2. The zero-order valence-corrected chi connectivity index (χ0v) is 17.2. The Morgan fingerprint density at radius 3 is 2.59 bits per heavy atom. The lowest BCUT2D eigenvalue weighted by atomic mass is 10.1. The van der Waals surface area contributed by atoms with Crippen LogP contribution in [0, 0.1) is 0 Å². The van der Waals surface area contributed by atoms with E-state index < -0.39 is 0 Å². The highest BCUT2D eigenvalue weighted by Crippen LogP contribution is 2.35. The van der Waals surface area contributed by atoms with E-state index in [1.54, 1.807) is 0 Å². The summed E-state index contributed by atoms with van der Waals surface area (Å²) in [6.45, 7) is 6.99. The first-order chi connectivity index (χ1) is 14.3. The number of hydrogen-bond acceptors (Lipinski definition) is 8. The number of ether oxygens (including phenoxy) is 1. The average molecular weight is 399 g/mol. The molecule has 5 heterocycles. The molecule has 0 N–H and O–H groups in total. The van der Waals surface area contributed by atoms with Crippen molar-refractivity contribution in [3.05, 3.63) is 24.2 Å². The van der Waals surface area contributed by atoms with Crippen molar-refractivity contribution in [1.29, 1.82) is 0 Å².